The summed E-state index contributed by atoms with van der Waals surface area (Å²) in [4.78, 5) is 12.1. The zero-order chi connectivity index (χ0) is 25.8. The molecule has 0 saturated heterocycles. The van der Waals surface area contributed by atoms with E-state index in [-0.39, 0.29) is 23.4 Å². The number of carbonyl (C=O) groups is 1. The van der Waals surface area contributed by atoms with E-state index < -0.39 is 39.6 Å². The molecule has 4 nitrogen and oxygen atoms in total. The van der Waals surface area contributed by atoms with E-state index in [4.69, 9.17) is 23.2 Å². The van der Waals surface area contributed by atoms with Crippen LogP contribution in [0.2, 0.25) is 10.0 Å². The molecule has 0 aliphatic carbocycles. The predicted octanol–water partition coefficient (Wildman–Crippen LogP) is 8.22. The predicted molar refractivity (Wildman–Crippen MR) is 116 cm³/mol. The summed E-state index contributed by atoms with van der Waals surface area (Å²) in [5, 5.41) is 12.0. The smallest absolute Gasteiger partial charge is 0.435 e. The van der Waals surface area contributed by atoms with Gasteiger partial charge in [0.25, 0.3) is 0 Å². The summed E-state index contributed by atoms with van der Waals surface area (Å²) in [6.07, 6.45) is -9.72. The van der Waals surface area contributed by atoms with Crippen LogP contribution in [0.1, 0.15) is 28.4 Å². The van der Waals surface area contributed by atoms with Crippen LogP contribution >= 0.6 is 50.5 Å². The van der Waals surface area contributed by atoms with Crippen molar-refractivity contribution in [3.8, 4) is 16.1 Å². The number of aromatic nitrogens is 2. The van der Waals surface area contributed by atoms with Gasteiger partial charge in [0.1, 0.15) is 5.69 Å². The number of alkyl halides is 7. The van der Waals surface area contributed by atoms with Gasteiger partial charge in [0.15, 0.2) is 0 Å². The van der Waals surface area contributed by atoms with Gasteiger partial charge in [-0.1, -0.05) is 30.1 Å². The van der Waals surface area contributed by atoms with E-state index in [1.54, 1.807) is 6.92 Å². The summed E-state index contributed by atoms with van der Waals surface area (Å²) in [5.74, 6) is -1.16. The van der Waals surface area contributed by atoms with E-state index in [2.05, 4.69) is 21.0 Å². The molecule has 3 rings (SSSR count). The monoisotopic (exact) mass is 612 g/mol. The minimum absolute atomic E-state index is 0.0502. The maximum atomic E-state index is 14.4. The van der Waals surface area contributed by atoms with Gasteiger partial charge in [-0.05, 0) is 40.0 Å². The van der Waals surface area contributed by atoms with Gasteiger partial charge >= 0.3 is 24.0 Å². The zero-order valence-corrected chi connectivity index (χ0v) is 20.4. The molecule has 0 bridgehead atoms. The SMILES string of the molecule is CCc1c(-c2cnn(-c3c(Cl)cc(C(F)(C(F)(F)F)C(F)(F)F)cc3Cl)c2)sc(Br)c1C(=O)O. The highest BCUT2D eigenvalue weighted by atomic mass is 79.9. The standard InChI is InChI=1S/C19H10BrCl2F7N2O2S/c1-2-9-12(16(32)33)15(20)34-14(9)7-5-30-31(6-7)13-10(21)3-8(4-11(13)22)17(23,18(24,25)26)19(27,28)29/h3-6H,2H2,1H3,(H,32,33). The lowest BCUT2D eigenvalue weighted by Gasteiger charge is -2.30. The van der Waals surface area contributed by atoms with E-state index in [1.807, 2.05) is 0 Å². The molecule has 0 radical (unpaired) electrons. The third kappa shape index (κ3) is 4.31. The molecule has 184 valence electrons. The minimum atomic E-state index is -6.33. The third-order valence-corrected chi connectivity index (χ3v) is 7.33. The van der Waals surface area contributed by atoms with E-state index >= 15 is 0 Å². The summed E-state index contributed by atoms with van der Waals surface area (Å²) in [7, 11) is 0. The summed E-state index contributed by atoms with van der Waals surface area (Å²) >= 11 is 16.1. The van der Waals surface area contributed by atoms with Crippen molar-refractivity contribution in [1.82, 2.24) is 9.78 Å². The number of nitrogens with zero attached hydrogens (tertiary/aromatic N) is 2. The van der Waals surface area contributed by atoms with Crippen molar-refractivity contribution in [2.75, 3.05) is 0 Å². The first kappa shape index (κ1) is 26.8. The van der Waals surface area contributed by atoms with Gasteiger partial charge in [0, 0.05) is 22.2 Å². The summed E-state index contributed by atoms with van der Waals surface area (Å²) in [6.45, 7) is 1.73. The Morgan fingerprint density at radius 1 is 1.12 bits per heavy atom. The lowest BCUT2D eigenvalue weighted by atomic mass is 9.94. The van der Waals surface area contributed by atoms with E-state index in [1.165, 1.54) is 12.4 Å². The Kier molecular flexibility index (Phi) is 7.08. The van der Waals surface area contributed by atoms with Crippen molar-refractivity contribution in [2.24, 2.45) is 0 Å². The first-order chi connectivity index (χ1) is 15.5. The Labute approximate surface area is 209 Å². The van der Waals surface area contributed by atoms with Crippen molar-refractivity contribution < 1.29 is 40.6 Å². The van der Waals surface area contributed by atoms with Crippen LogP contribution in [-0.4, -0.2) is 33.2 Å². The van der Waals surface area contributed by atoms with Crippen LogP contribution in [0.15, 0.2) is 28.3 Å². The molecule has 0 amide bonds. The summed E-state index contributed by atoms with van der Waals surface area (Å²) in [6, 6.07) is 0.375. The van der Waals surface area contributed by atoms with Crippen LogP contribution in [0, 0.1) is 0 Å². The Balaban J connectivity index is 2.14. The number of hydrogen-bond acceptors (Lipinski definition) is 3. The molecular formula is C19H10BrCl2F7N2O2S. The summed E-state index contributed by atoms with van der Waals surface area (Å²) in [5.41, 5.74) is -6.91. The Hall–Kier alpha value is -1.83. The maximum absolute atomic E-state index is 14.4. The number of halogens is 10. The van der Waals surface area contributed by atoms with E-state index in [0.29, 0.717) is 26.2 Å². The molecule has 34 heavy (non-hydrogen) atoms. The second-order valence-corrected chi connectivity index (χ2v) is 9.99. The van der Waals surface area contributed by atoms with Crippen LogP contribution in [0.4, 0.5) is 30.7 Å². The zero-order valence-electron chi connectivity index (χ0n) is 16.5. The van der Waals surface area contributed by atoms with Crippen molar-refractivity contribution in [3.05, 3.63) is 55.0 Å². The molecule has 2 heterocycles. The fourth-order valence-electron chi connectivity index (χ4n) is 3.25. The number of thiophene rings is 1. The van der Waals surface area contributed by atoms with Crippen LogP contribution in [-0.2, 0) is 12.1 Å². The Bertz CT molecular complexity index is 1230. The molecule has 0 spiro atoms. The molecule has 1 aromatic carbocycles. The molecule has 0 unspecified atom stereocenters. The molecule has 0 fully saturated rings. The average molecular weight is 614 g/mol. The molecule has 0 aliphatic rings. The molecular weight excluding hydrogens is 604 g/mol. The van der Waals surface area contributed by atoms with Gasteiger partial charge < -0.3 is 5.11 Å². The lowest BCUT2D eigenvalue weighted by molar-refractivity contribution is -0.348. The Morgan fingerprint density at radius 3 is 2.09 bits per heavy atom. The minimum Gasteiger partial charge on any atom is -0.478 e. The molecule has 0 saturated carbocycles. The molecule has 0 aliphatic heterocycles. The van der Waals surface area contributed by atoms with E-state index in [9.17, 15) is 40.6 Å². The van der Waals surface area contributed by atoms with E-state index in [0.717, 1.165) is 16.0 Å². The normalized spacial score (nSPS) is 12.9. The fourth-order valence-corrected chi connectivity index (χ4v) is 5.89. The van der Waals surface area contributed by atoms with Crippen LogP contribution in [0.25, 0.3) is 16.1 Å². The highest BCUT2D eigenvalue weighted by Crippen LogP contribution is 2.54. The molecule has 2 aromatic heterocycles. The average Bonchev–Trinajstić information content (AvgIpc) is 3.28. The summed E-state index contributed by atoms with van der Waals surface area (Å²) < 4.78 is 94.2. The third-order valence-electron chi connectivity index (χ3n) is 4.80. The first-order valence-electron chi connectivity index (χ1n) is 8.96. The van der Waals surface area contributed by atoms with Gasteiger partial charge in [-0.25, -0.2) is 13.9 Å². The van der Waals surface area contributed by atoms with Crippen LogP contribution < -0.4 is 0 Å². The van der Waals surface area contributed by atoms with Gasteiger partial charge in [0.05, 0.1) is 25.6 Å². The van der Waals surface area contributed by atoms with Gasteiger partial charge in [-0.2, -0.15) is 31.4 Å². The number of aromatic carboxylic acids is 1. The van der Waals surface area contributed by atoms with Crippen LogP contribution in [0.5, 0.6) is 0 Å². The molecule has 15 heteroatoms. The van der Waals surface area contributed by atoms with Gasteiger partial charge in [-0.3, -0.25) is 0 Å². The van der Waals surface area contributed by atoms with Crippen molar-refractivity contribution in [3.63, 3.8) is 0 Å². The number of rotatable bonds is 5. The highest BCUT2D eigenvalue weighted by Gasteiger charge is 2.73. The van der Waals surface area contributed by atoms with Crippen molar-refractivity contribution in [1.29, 1.82) is 0 Å². The Morgan fingerprint density at radius 2 is 1.65 bits per heavy atom. The molecule has 0 atom stereocenters. The van der Waals surface area contributed by atoms with Crippen molar-refractivity contribution in [2.45, 2.75) is 31.4 Å². The first-order valence-corrected chi connectivity index (χ1v) is 11.3. The number of benzene rings is 1. The number of carboxylic acid groups (broad SMARTS) is 1. The van der Waals surface area contributed by atoms with Crippen molar-refractivity contribution >= 4 is 56.4 Å². The quantitative estimate of drug-likeness (QED) is 0.295. The maximum Gasteiger partial charge on any atom is 0.435 e. The highest BCUT2D eigenvalue weighted by molar-refractivity contribution is 9.11. The van der Waals surface area contributed by atoms with Gasteiger partial charge in [-0.15, -0.1) is 11.3 Å². The van der Waals surface area contributed by atoms with Crippen LogP contribution in [0.3, 0.4) is 0 Å². The number of hydrogen-bond donors (Lipinski definition) is 1. The number of carboxylic acids is 1. The molecule has 1 N–H and O–H groups in total. The second kappa shape index (κ2) is 8.99. The van der Waals surface area contributed by atoms with Gasteiger partial charge in [0.2, 0.25) is 0 Å². The second-order valence-electron chi connectivity index (χ2n) is 6.83. The largest absolute Gasteiger partial charge is 0.478 e. The topological polar surface area (TPSA) is 55.1 Å². The molecule has 3 aromatic rings. The fraction of sp³-hybridized carbons (Fsp3) is 0.263. The lowest BCUT2D eigenvalue weighted by Crippen LogP contribution is -2.50.